The maximum atomic E-state index is 12.6. The molecule has 0 bridgehead atoms. The van der Waals surface area contributed by atoms with Crippen molar-refractivity contribution >= 4 is 38.4 Å². The Bertz CT molecular complexity index is 1110. The highest BCUT2D eigenvalue weighted by Crippen LogP contribution is 2.33. The molecule has 0 spiro atoms. The van der Waals surface area contributed by atoms with Gasteiger partial charge in [-0.15, -0.1) is 0 Å². The van der Waals surface area contributed by atoms with E-state index in [1.54, 1.807) is 17.0 Å². The van der Waals surface area contributed by atoms with Crippen LogP contribution in [0, 0.1) is 0 Å². The fourth-order valence-electron chi connectivity index (χ4n) is 3.44. The minimum atomic E-state index is -0.268. The van der Waals surface area contributed by atoms with Crippen molar-refractivity contribution in [2.24, 2.45) is 0 Å². The van der Waals surface area contributed by atoms with Crippen molar-refractivity contribution in [2.45, 2.75) is 12.3 Å². The van der Waals surface area contributed by atoms with Gasteiger partial charge in [-0.25, -0.2) is 4.98 Å². The van der Waals surface area contributed by atoms with Crippen LogP contribution in [0.4, 0.5) is 5.69 Å². The van der Waals surface area contributed by atoms with E-state index in [1.807, 2.05) is 24.3 Å². The smallest absolute Gasteiger partial charge is 0.258 e. The molecule has 3 aromatic rings. The lowest BCUT2D eigenvalue weighted by atomic mass is 10.1. The topological polar surface area (TPSA) is 84.5 Å². The minimum Gasteiger partial charge on any atom is -0.493 e. The van der Waals surface area contributed by atoms with Crippen molar-refractivity contribution in [3.8, 4) is 11.5 Å². The van der Waals surface area contributed by atoms with Crippen LogP contribution in [0.1, 0.15) is 18.2 Å². The second kappa shape index (κ2) is 7.27. The molecule has 0 radical (unpaired) electrons. The first-order chi connectivity index (χ1) is 13.5. The largest absolute Gasteiger partial charge is 0.493 e. The average Bonchev–Trinajstić information content (AvgIpc) is 3.09. The number of fused-ring (bicyclic) bond motifs is 1. The Hall–Kier alpha value is -2.87. The summed E-state index contributed by atoms with van der Waals surface area (Å²) in [5.41, 5.74) is 1.06. The Morgan fingerprint density at radius 2 is 1.79 bits per heavy atom. The Morgan fingerprint density at radius 1 is 1.11 bits per heavy atom. The molecule has 0 unspecified atom stereocenters. The summed E-state index contributed by atoms with van der Waals surface area (Å²) in [6.07, 6.45) is 0.289. The quantitative estimate of drug-likeness (QED) is 0.668. The van der Waals surface area contributed by atoms with E-state index in [0.29, 0.717) is 34.8 Å². The number of aromatic amines is 1. The Labute approximate surface area is 169 Å². The van der Waals surface area contributed by atoms with Gasteiger partial charge in [0.15, 0.2) is 11.5 Å². The molecule has 7 nitrogen and oxygen atoms in total. The van der Waals surface area contributed by atoms with Gasteiger partial charge in [0, 0.05) is 35.1 Å². The fraction of sp³-hybridized carbons (Fsp3) is 0.250. The number of halogens is 1. The average molecular weight is 444 g/mol. The standard InChI is InChI=1S/C20H18BrN3O4/c1-27-16-8-14-15(9-17(16)28-2)22-19(23-20(14)26)11-7-18(25)24(10-11)13-5-3-12(21)4-6-13/h3-6,8-9,11H,7,10H2,1-2H3,(H,22,23,26)/t11-/m0/s1. The summed E-state index contributed by atoms with van der Waals surface area (Å²) in [5, 5.41) is 0.412. The first-order valence-electron chi connectivity index (χ1n) is 8.72. The predicted octanol–water partition coefficient (Wildman–Crippen LogP) is 3.22. The molecule has 0 saturated carbocycles. The van der Waals surface area contributed by atoms with E-state index < -0.39 is 0 Å². The third-order valence-corrected chi connectivity index (χ3v) is 5.41. The molecule has 1 aliphatic rings. The second-order valence-corrected chi connectivity index (χ2v) is 7.47. The maximum absolute atomic E-state index is 12.6. The molecule has 144 valence electrons. The van der Waals surface area contributed by atoms with Crippen LogP contribution in [0.2, 0.25) is 0 Å². The van der Waals surface area contributed by atoms with Crippen LogP contribution >= 0.6 is 15.9 Å². The fourth-order valence-corrected chi connectivity index (χ4v) is 3.70. The summed E-state index contributed by atoms with van der Waals surface area (Å²) in [4.78, 5) is 34.3. The first kappa shape index (κ1) is 18.5. The number of hydrogen-bond donors (Lipinski definition) is 1. The molecule has 1 saturated heterocycles. The zero-order chi connectivity index (χ0) is 19.8. The second-order valence-electron chi connectivity index (χ2n) is 6.56. The van der Waals surface area contributed by atoms with Gasteiger partial charge in [-0.2, -0.15) is 0 Å². The van der Waals surface area contributed by atoms with E-state index in [1.165, 1.54) is 14.2 Å². The van der Waals surface area contributed by atoms with Gasteiger partial charge in [0.05, 0.1) is 25.1 Å². The van der Waals surface area contributed by atoms with Crippen molar-refractivity contribution in [3.05, 3.63) is 57.0 Å². The van der Waals surface area contributed by atoms with Crippen molar-refractivity contribution in [2.75, 3.05) is 25.7 Å². The van der Waals surface area contributed by atoms with Gasteiger partial charge >= 0.3 is 0 Å². The number of carbonyl (C=O) groups excluding carboxylic acids is 1. The summed E-state index contributed by atoms with van der Waals surface area (Å²) in [6, 6.07) is 10.8. The zero-order valence-electron chi connectivity index (χ0n) is 15.4. The lowest BCUT2D eigenvalue weighted by molar-refractivity contribution is -0.117. The van der Waals surface area contributed by atoms with Crippen LogP contribution < -0.4 is 19.9 Å². The molecule has 4 rings (SSSR count). The van der Waals surface area contributed by atoms with E-state index in [9.17, 15) is 9.59 Å². The maximum Gasteiger partial charge on any atom is 0.258 e. The molecule has 2 heterocycles. The number of nitrogens with zero attached hydrogens (tertiary/aromatic N) is 2. The highest BCUT2D eigenvalue weighted by atomic mass is 79.9. The van der Waals surface area contributed by atoms with Crippen LogP contribution in [0.25, 0.3) is 10.9 Å². The summed E-state index contributed by atoms with van der Waals surface area (Å²) < 4.78 is 11.5. The minimum absolute atomic E-state index is 0.00220. The van der Waals surface area contributed by atoms with Crippen molar-refractivity contribution in [1.29, 1.82) is 0 Å². The molecule has 1 aliphatic heterocycles. The predicted molar refractivity (Wildman–Crippen MR) is 109 cm³/mol. The first-order valence-corrected chi connectivity index (χ1v) is 9.51. The van der Waals surface area contributed by atoms with E-state index in [2.05, 4.69) is 25.9 Å². The number of anilines is 1. The molecule has 1 fully saturated rings. The number of ether oxygens (including phenoxy) is 2. The summed E-state index contributed by atoms with van der Waals surface area (Å²) >= 11 is 3.40. The lowest BCUT2D eigenvalue weighted by Crippen LogP contribution is -2.24. The number of benzene rings is 2. The normalized spacial score (nSPS) is 16.6. The molecular formula is C20H18BrN3O4. The summed E-state index contributed by atoms with van der Waals surface area (Å²) in [6.45, 7) is 0.461. The van der Waals surface area contributed by atoms with Crippen LogP contribution in [0.15, 0.2) is 45.7 Å². The number of H-pyrrole nitrogens is 1. The van der Waals surface area contributed by atoms with Gasteiger partial charge in [0.1, 0.15) is 5.82 Å². The van der Waals surface area contributed by atoms with Crippen molar-refractivity contribution in [1.82, 2.24) is 9.97 Å². The van der Waals surface area contributed by atoms with Gasteiger partial charge in [-0.05, 0) is 30.3 Å². The van der Waals surface area contributed by atoms with Gasteiger partial charge in [-0.1, -0.05) is 15.9 Å². The number of rotatable bonds is 4. The van der Waals surface area contributed by atoms with Crippen LogP contribution in [-0.4, -0.2) is 36.6 Å². The van der Waals surface area contributed by atoms with E-state index >= 15 is 0 Å². The molecule has 28 heavy (non-hydrogen) atoms. The molecule has 2 aromatic carbocycles. The molecular weight excluding hydrogens is 426 g/mol. The lowest BCUT2D eigenvalue weighted by Gasteiger charge is -2.17. The Morgan fingerprint density at radius 3 is 2.46 bits per heavy atom. The van der Waals surface area contributed by atoms with Crippen LogP contribution in [0.3, 0.4) is 0 Å². The molecule has 1 N–H and O–H groups in total. The number of aromatic nitrogens is 2. The van der Waals surface area contributed by atoms with Crippen LogP contribution in [0.5, 0.6) is 11.5 Å². The molecule has 1 atom stereocenters. The zero-order valence-corrected chi connectivity index (χ0v) is 16.9. The third-order valence-electron chi connectivity index (χ3n) is 4.88. The van der Waals surface area contributed by atoms with Gasteiger partial charge in [0.25, 0.3) is 5.56 Å². The Balaban J connectivity index is 1.70. The van der Waals surface area contributed by atoms with Crippen LogP contribution in [-0.2, 0) is 4.79 Å². The number of carbonyl (C=O) groups is 1. The SMILES string of the molecule is COc1cc2nc([C@H]3CC(=O)N(c4ccc(Br)cc4)C3)[nH]c(=O)c2cc1OC. The number of amides is 1. The highest BCUT2D eigenvalue weighted by molar-refractivity contribution is 9.10. The van der Waals surface area contributed by atoms with Crippen molar-refractivity contribution in [3.63, 3.8) is 0 Å². The highest BCUT2D eigenvalue weighted by Gasteiger charge is 2.33. The third kappa shape index (κ3) is 3.24. The monoisotopic (exact) mass is 443 g/mol. The summed E-state index contributed by atoms with van der Waals surface area (Å²) in [7, 11) is 3.05. The van der Waals surface area contributed by atoms with E-state index in [-0.39, 0.29) is 23.8 Å². The number of hydrogen-bond acceptors (Lipinski definition) is 5. The Kier molecular flexibility index (Phi) is 4.80. The van der Waals surface area contributed by atoms with E-state index in [4.69, 9.17) is 9.47 Å². The molecule has 0 aliphatic carbocycles. The van der Waals surface area contributed by atoms with Crippen molar-refractivity contribution < 1.29 is 14.3 Å². The van der Waals surface area contributed by atoms with Gasteiger partial charge in [0.2, 0.25) is 5.91 Å². The summed E-state index contributed by atoms with van der Waals surface area (Å²) in [5.74, 6) is 1.27. The van der Waals surface area contributed by atoms with Gasteiger partial charge < -0.3 is 19.4 Å². The number of nitrogens with one attached hydrogen (secondary N) is 1. The van der Waals surface area contributed by atoms with E-state index in [0.717, 1.165) is 10.2 Å². The number of methoxy groups -OCH3 is 2. The molecule has 8 heteroatoms. The molecule has 1 amide bonds. The molecule has 1 aromatic heterocycles. The van der Waals surface area contributed by atoms with Gasteiger partial charge in [-0.3, -0.25) is 9.59 Å².